The van der Waals surface area contributed by atoms with Crippen LogP contribution in [0.2, 0.25) is 0 Å². The first-order chi connectivity index (χ1) is 5.97. The lowest BCUT2D eigenvalue weighted by Gasteiger charge is -2.08. The lowest BCUT2D eigenvalue weighted by molar-refractivity contribution is -0.156. The number of carbonyl (C=O) groups is 3. The van der Waals surface area contributed by atoms with Crippen molar-refractivity contribution in [2.75, 3.05) is 7.11 Å². The zero-order valence-corrected chi connectivity index (χ0v) is 6.72. The highest BCUT2D eigenvalue weighted by atomic mass is 16.7. The zero-order valence-electron chi connectivity index (χ0n) is 6.72. The number of carbonyl (C=O) groups excluding carboxylic acids is 1. The Morgan fingerprint density at radius 2 is 1.85 bits per heavy atom. The second-order valence-electron chi connectivity index (χ2n) is 2.01. The molecular formula is C6H8O7. The molecule has 0 saturated heterocycles. The SMILES string of the molecule is COC(CC(=O)O)C(=O)OC(=O)O. The van der Waals surface area contributed by atoms with Gasteiger partial charge in [-0.2, -0.15) is 0 Å². The summed E-state index contributed by atoms with van der Waals surface area (Å²) >= 11 is 0. The average molecular weight is 192 g/mol. The van der Waals surface area contributed by atoms with E-state index in [1.165, 1.54) is 0 Å². The van der Waals surface area contributed by atoms with Gasteiger partial charge in [-0.1, -0.05) is 0 Å². The highest BCUT2D eigenvalue weighted by Crippen LogP contribution is 2.00. The van der Waals surface area contributed by atoms with Crippen LogP contribution in [-0.2, 0) is 19.1 Å². The second kappa shape index (κ2) is 5.09. The summed E-state index contributed by atoms with van der Waals surface area (Å²) < 4.78 is 8.10. The lowest BCUT2D eigenvalue weighted by atomic mass is 10.2. The van der Waals surface area contributed by atoms with Crippen molar-refractivity contribution in [2.24, 2.45) is 0 Å². The molecule has 0 aliphatic heterocycles. The first kappa shape index (κ1) is 11.4. The van der Waals surface area contributed by atoms with Crippen molar-refractivity contribution < 1.29 is 34.1 Å². The van der Waals surface area contributed by atoms with E-state index in [1.54, 1.807) is 0 Å². The standard InChI is InChI=1S/C6H8O7/c1-12-3(2-4(7)8)5(9)13-6(10)11/h3H,2H2,1H3,(H,7,8)(H,10,11). The molecule has 1 unspecified atom stereocenters. The molecule has 7 nitrogen and oxygen atoms in total. The van der Waals surface area contributed by atoms with Gasteiger partial charge in [0, 0.05) is 7.11 Å². The molecule has 7 heteroatoms. The third kappa shape index (κ3) is 4.75. The Labute approximate surface area is 72.9 Å². The number of carboxylic acid groups (broad SMARTS) is 2. The molecule has 0 amide bonds. The molecule has 0 aromatic rings. The molecule has 0 aromatic carbocycles. The van der Waals surface area contributed by atoms with Crippen LogP contribution in [-0.4, -0.2) is 41.5 Å². The Kier molecular flexibility index (Phi) is 4.45. The zero-order chi connectivity index (χ0) is 10.4. The number of hydrogen-bond donors (Lipinski definition) is 2. The topological polar surface area (TPSA) is 110 Å². The Morgan fingerprint density at radius 1 is 1.31 bits per heavy atom. The monoisotopic (exact) mass is 192 g/mol. The fourth-order valence-electron chi connectivity index (χ4n) is 0.573. The van der Waals surface area contributed by atoms with Crippen LogP contribution < -0.4 is 0 Å². The first-order valence-electron chi connectivity index (χ1n) is 3.16. The van der Waals surface area contributed by atoms with E-state index in [9.17, 15) is 14.4 Å². The highest BCUT2D eigenvalue weighted by Gasteiger charge is 2.24. The van der Waals surface area contributed by atoms with Gasteiger partial charge < -0.3 is 19.7 Å². The molecule has 0 aliphatic rings. The van der Waals surface area contributed by atoms with E-state index < -0.39 is 30.6 Å². The van der Waals surface area contributed by atoms with Gasteiger partial charge in [0.2, 0.25) is 0 Å². The molecule has 1 atom stereocenters. The lowest BCUT2D eigenvalue weighted by Crippen LogP contribution is -2.29. The van der Waals surface area contributed by atoms with Gasteiger partial charge in [0.15, 0.2) is 6.10 Å². The fourth-order valence-corrected chi connectivity index (χ4v) is 0.573. The Morgan fingerprint density at radius 3 is 2.15 bits per heavy atom. The van der Waals surface area contributed by atoms with E-state index in [4.69, 9.17) is 10.2 Å². The maximum atomic E-state index is 10.7. The van der Waals surface area contributed by atoms with Gasteiger partial charge in [0.25, 0.3) is 0 Å². The van der Waals surface area contributed by atoms with E-state index in [2.05, 4.69) is 9.47 Å². The van der Waals surface area contributed by atoms with Gasteiger partial charge in [-0.15, -0.1) is 0 Å². The molecule has 0 rings (SSSR count). The molecule has 2 N–H and O–H groups in total. The molecule has 13 heavy (non-hydrogen) atoms. The summed E-state index contributed by atoms with van der Waals surface area (Å²) in [6.45, 7) is 0. The highest BCUT2D eigenvalue weighted by molar-refractivity contribution is 5.87. The molecular weight excluding hydrogens is 184 g/mol. The summed E-state index contributed by atoms with van der Waals surface area (Å²) in [4.78, 5) is 30.7. The van der Waals surface area contributed by atoms with Crippen LogP contribution in [0, 0.1) is 0 Å². The van der Waals surface area contributed by atoms with Gasteiger partial charge in [-0.05, 0) is 0 Å². The van der Waals surface area contributed by atoms with Crippen LogP contribution in [0.3, 0.4) is 0 Å². The van der Waals surface area contributed by atoms with Gasteiger partial charge in [-0.3, -0.25) is 4.79 Å². The number of methoxy groups -OCH3 is 1. The smallest absolute Gasteiger partial charge is 0.481 e. The molecule has 0 fully saturated rings. The van der Waals surface area contributed by atoms with Crippen molar-refractivity contribution in [1.29, 1.82) is 0 Å². The summed E-state index contributed by atoms with van der Waals surface area (Å²) in [5.41, 5.74) is 0. The number of ether oxygens (including phenoxy) is 2. The van der Waals surface area contributed by atoms with Crippen LogP contribution in [0.5, 0.6) is 0 Å². The predicted molar refractivity (Wildman–Crippen MR) is 37.2 cm³/mol. The Bertz CT molecular complexity index is 221. The molecule has 0 spiro atoms. The normalized spacial score (nSPS) is 11.8. The summed E-state index contributed by atoms with van der Waals surface area (Å²) in [7, 11) is 1.08. The minimum absolute atomic E-state index is 0.636. The number of carboxylic acids is 1. The molecule has 74 valence electrons. The first-order valence-corrected chi connectivity index (χ1v) is 3.16. The fraction of sp³-hybridized carbons (Fsp3) is 0.500. The maximum Gasteiger partial charge on any atom is 0.513 e. The van der Waals surface area contributed by atoms with Gasteiger partial charge in [0.1, 0.15) is 0 Å². The number of esters is 1. The van der Waals surface area contributed by atoms with Gasteiger partial charge in [0.05, 0.1) is 6.42 Å². The van der Waals surface area contributed by atoms with E-state index >= 15 is 0 Å². The van der Waals surface area contributed by atoms with E-state index in [1.807, 2.05) is 0 Å². The Balaban J connectivity index is 4.15. The second-order valence-corrected chi connectivity index (χ2v) is 2.01. The average Bonchev–Trinajstić information content (AvgIpc) is 1.98. The van der Waals surface area contributed by atoms with Crippen LogP contribution in [0.15, 0.2) is 0 Å². The van der Waals surface area contributed by atoms with Gasteiger partial charge >= 0.3 is 18.1 Å². The molecule has 0 bridgehead atoms. The van der Waals surface area contributed by atoms with Crippen LogP contribution in [0.4, 0.5) is 4.79 Å². The quantitative estimate of drug-likeness (QED) is 0.464. The Hall–Kier alpha value is -1.63. The van der Waals surface area contributed by atoms with Crippen LogP contribution in [0.25, 0.3) is 0 Å². The third-order valence-corrected chi connectivity index (χ3v) is 1.10. The number of rotatable bonds is 4. The van der Waals surface area contributed by atoms with Crippen molar-refractivity contribution in [3.05, 3.63) is 0 Å². The molecule has 0 heterocycles. The molecule has 0 aromatic heterocycles. The summed E-state index contributed by atoms with van der Waals surface area (Å²) in [6, 6.07) is 0. The van der Waals surface area contributed by atoms with Crippen molar-refractivity contribution >= 4 is 18.1 Å². The summed E-state index contributed by atoms with van der Waals surface area (Å²) in [5, 5.41) is 16.3. The third-order valence-electron chi connectivity index (χ3n) is 1.10. The summed E-state index contributed by atoms with van der Waals surface area (Å²) in [5.74, 6) is -2.52. The number of aliphatic carboxylic acids is 1. The summed E-state index contributed by atoms with van der Waals surface area (Å²) in [6.07, 6.45) is -3.83. The van der Waals surface area contributed by atoms with Crippen LogP contribution in [0.1, 0.15) is 6.42 Å². The predicted octanol–water partition coefficient (Wildman–Crippen LogP) is -0.303. The molecule has 0 saturated carbocycles. The van der Waals surface area contributed by atoms with E-state index in [-0.39, 0.29) is 0 Å². The van der Waals surface area contributed by atoms with Crippen LogP contribution >= 0.6 is 0 Å². The molecule has 0 radical (unpaired) electrons. The van der Waals surface area contributed by atoms with Crippen molar-refractivity contribution in [3.8, 4) is 0 Å². The molecule has 0 aliphatic carbocycles. The van der Waals surface area contributed by atoms with Crippen molar-refractivity contribution in [3.63, 3.8) is 0 Å². The minimum Gasteiger partial charge on any atom is -0.481 e. The van der Waals surface area contributed by atoms with Crippen molar-refractivity contribution in [1.82, 2.24) is 0 Å². The van der Waals surface area contributed by atoms with E-state index in [0.717, 1.165) is 7.11 Å². The minimum atomic E-state index is -1.79. The van der Waals surface area contributed by atoms with Crippen molar-refractivity contribution in [2.45, 2.75) is 12.5 Å². The van der Waals surface area contributed by atoms with Gasteiger partial charge in [-0.25, -0.2) is 9.59 Å². The number of hydrogen-bond acceptors (Lipinski definition) is 5. The maximum absolute atomic E-state index is 10.7. The van der Waals surface area contributed by atoms with E-state index in [0.29, 0.717) is 0 Å². The largest absolute Gasteiger partial charge is 0.513 e.